The SMILES string of the molecule is O=C(Nc1c(Cl)ccc(Cl)c1C(=O)O)c1cncs1. The van der Waals surface area contributed by atoms with Crippen LogP contribution in [0.1, 0.15) is 20.0 Å². The molecule has 19 heavy (non-hydrogen) atoms. The van der Waals surface area contributed by atoms with Crippen LogP contribution in [0.15, 0.2) is 23.8 Å². The number of amides is 1. The normalized spacial score (nSPS) is 10.2. The quantitative estimate of drug-likeness (QED) is 0.909. The first kappa shape index (κ1) is 13.8. The first-order chi connectivity index (χ1) is 9.00. The second kappa shape index (κ2) is 5.56. The number of anilines is 1. The molecule has 0 unspecified atom stereocenters. The summed E-state index contributed by atoms with van der Waals surface area (Å²) in [7, 11) is 0. The zero-order chi connectivity index (χ0) is 14.0. The molecule has 0 aliphatic rings. The number of hydrogen-bond donors (Lipinski definition) is 2. The average molecular weight is 317 g/mol. The van der Waals surface area contributed by atoms with Gasteiger partial charge in [-0.2, -0.15) is 0 Å². The highest BCUT2D eigenvalue weighted by molar-refractivity contribution is 7.11. The first-order valence-corrected chi connectivity index (χ1v) is 6.55. The largest absolute Gasteiger partial charge is 0.478 e. The van der Waals surface area contributed by atoms with E-state index in [4.69, 9.17) is 28.3 Å². The zero-order valence-electron chi connectivity index (χ0n) is 9.18. The van der Waals surface area contributed by atoms with Crippen LogP contribution < -0.4 is 5.32 Å². The molecule has 0 aliphatic carbocycles. The lowest BCUT2D eigenvalue weighted by Crippen LogP contribution is -2.14. The van der Waals surface area contributed by atoms with Crippen molar-refractivity contribution in [1.82, 2.24) is 4.98 Å². The third-order valence-electron chi connectivity index (χ3n) is 2.21. The molecular formula is C11H6Cl2N2O3S. The Balaban J connectivity index is 2.42. The summed E-state index contributed by atoms with van der Waals surface area (Å²) in [5.41, 5.74) is 1.22. The van der Waals surface area contributed by atoms with E-state index >= 15 is 0 Å². The zero-order valence-corrected chi connectivity index (χ0v) is 11.5. The number of nitrogens with one attached hydrogen (secondary N) is 1. The number of thiazole rings is 1. The van der Waals surface area contributed by atoms with E-state index in [-0.39, 0.29) is 21.3 Å². The van der Waals surface area contributed by atoms with E-state index in [1.54, 1.807) is 0 Å². The van der Waals surface area contributed by atoms with E-state index in [0.29, 0.717) is 4.88 Å². The summed E-state index contributed by atoms with van der Waals surface area (Å²) in [5.74, 6) is -1.76. The Hall–Kier alpha value is -1.63. The minimum Gasteiger partial charge on any atom is -0.478 e. The van der Waals surface area contributed by atoms with E-state index in [9.17, 15) is 9.59 Å². The van der Waals surface area contributed by atoms with E-state index in [0.717, 1.165) is 11.3 Å². The van der Waals surface area contributed by atoms with E-state index in [1.807, 2.05) is 0 Å². The van der Waals surface area contributed by atoms with Gasteiger partial charge in [0.2, 0.25) is 0 Å². The van der Waals surface area contributed by atoms with Crippen LogP contribution in [0.25, 0.3) is 0 Å². The molecule has 1 aromatic heterocycles. The van der Waals surface area contributed by atoms with Crippen LogP contribution >= 0.6 is 34.5 Å². The fourth-order valence-electron chi connectivity index (χ4n) is 1.39. The number of nitrogens with zero attached hydrogens (tertiary/aromatic N) is 1. The molecule has 0 spiro atoms. The molecule has 0 saturated heterocycles. The van der Waals surface area contributed by atoms with Crippen LogP contribution in [0.5, 0.6) is 0 Å². The number of benzene rings is 1. The summed E-state index contributed by atoms with van der Waals surface area (Å²) in [4.78, 5) is 27.1. The summed E-state index contributed by atoms with van der Waals surface area (Å²) in [6.07, 6.45) is 1.37. The average Bonchev–Trinajstić information content (AvgIpc) is 2.87. The van der Waals surface area contributed by atoms with Gasteiger partial charge in [0.15, 0.2) is 0 Å². The standard InChI is InChI=1S/C11H6Cl2N2O3S/c12-5-1-2-6(13)9(8(5)11(17)18)15-10(16)7-3-14-4-19-7/h1-4H,(H,15,16)(H,17,18). The fourth-order valence-corrected chi connectivity index (χ4v) is 2.34. The molecule has 2 rings (SSSR count). The maximum atomic E-state index is 11.9. The minimum absolute atomic E-state index is 0.00324. The van der Waals surface area contributed by atoms with Gasteiger partial charge < -0.3 is 10.4 Å². The lowest BCUT2D eigenvalue weighted by Gasteiger charge is -2.10. The van der Waals surface area contributed by atoms with Crippen LogP contribution in [0.3, 0.4) is 0 Å². The molecule has 5 nitrogen and oxygen atoms in total. The van der Waals surface area contributed by atoms with Gasteiger partial charge >= 0.3 is 5.97 Å². The van der Waals surface area contributed by atoms with Crippen molar-refractivity contribution in [2.24, 2.45) is 0 Å². The van der Waals surface area contributed by atoms with Crippen molar-refractivity contribution in [3.63, 3.8) is 0 Å². The van der Waals surface area contributed by atoms with Gasteiger partial charge in [-0.25, -0.2) is 4.79 Å². The number of aromatic carboxylic acids is 1. The molecule has 2 N–H and O–H groups in total. The van der Waals surface area contributed by atoms with Crippen LogP contribution in [0, 0.1) is 0 Å². The van der Waals surface area contributed by atoms with Gasteiger partial charge in [0, 0.05) is 0 Å². The number of aromatic nitrogens is 1. The monoisotopic (exact) mass is 316 g/mol. The highest BCUT2D eigenvalue weighted by atomic mass is 35.5. The molecule has 0 atom stereocenters. The Kier molecular flexibility index (Phi) is 4.04. The number of carboxylic acids is 1. The molecule has 1 amide bonds. The van der Waals surface area contributed by atoms with Gasteiger partial charge in [0.05, 0.1) is 27.4 Å². The third-order valence-corrected chi connectivity index (χ3v) is 3.61. The number of carbonyl (C=O) groups excluding carboxylic acids is 1. The summed E-state index contributed by atoms with van der Waals surface area (Å²) in [5, 5.41) is 11.6. The van der Waals surface area contributed by atoms with Gasteiger partial charge in [-0.3, -0.25) is 9.78 Å². The second-order valence-electron chi connectivity index (χ2n) is 3.40. The maximum absolute atomic E-state index is 11.9. The molecule has 0 aliphatic heterocycles. The highest BCUT2D eigenvalue weighted by Gasteiger charge is 2.20. The Morgan fingerprint density at radius 2 is 1.95 bits per heavy atom. The van der Waals surface area contributed by atoms with Crippen molar-refractivity contribution in [2.75, 3.05) is 5.32 Å². The number of hydrogen-bond acceptors (Lipinski definition) is 4. The van der Waals surface area contributed by atoms with Crippen molar-refractivity contribution in [3.05, 3.63) is 44.3 Å². The predicted molar refractivity (Wildman–Crippen MR) is 73.5 cm³/mol. The number of carboxylic acid groups (broad SMARTS) is 1. The van der Waals surface area contributed by atoms with Crippen molar-refractivity contribution < 1.29 is 14.7 Å². The first-order valence-electron chi connectivity index (χ1n) is 4.92. The lowest BCUT2D eigenvalue weighted by atomic mass is 10.1. The van der Waals surface area contributed by atoms with Crippen LogP contribution in [0.4, 0.5) is 5.69 Å². The molecule has 0 saturated carbocycles. The summed E-state index contributed by atoms with van der Waals surface area (Å²) < 4.78 is 0. The third kappa shape index (κ3) is 2.86. The number of carbonyl (C=O) groups is 2. The van der Waals surface area contributed by atoms with Gasteiger partial charge in [-0.05, 0) is 12.1 Å². The van der Waals surface area contributed by atoms with Gasteiger partial charge in [0.1, 0.15) is 10.4 Å². The maximum Gasteiger partial charge on any atom is 0.339 e. The van der Waals surface area contributed by atoms with E-state index < -0.39 is 11.9 Å². The number of rotatable bonds is 3. The Labute approximate surface area is 121 Å². The fraction of sp³-hybridized carbons (Fsp3) is 0. The summed E-state index contributed by atoms with van der Waals surface area (Å²) in [6.45, 7) is 0. The molecule has 8 heteroatoms. The molecule has 1 aromatic carbocycles. The molecule has 2 aromatic rings. The molecule has 0 fully saturated rings. The Bertz CT molecular complexity index is 644. The van der Waals surface area contributed by atoms with Crippen LogP contribution in [-0.4, -0.2) is 22.0 Å². The van der Waals surface area contributed by atoms with Crippen molar-refractivity contribution in [1.29, 1.82) is 0 Å². The molecular weight excluding hydrogens is 311 g/mol. The van der Waals surface area contributed by atoms with E-state index in [1.165, 1.54) is 23.8 Å². The second-order valence-corrected chi connectivity index (χ2v) is 5.10. The smallest absolute Gasteiger partial charge is 0.339 e. The molecule has 1 heterocycles. The number of halogens is 2. The summed E-state index contributed by atoms with van der Waals surface area (Å²) in [6, 6.07) is 2.77. The van der Waals surface area contributed by atoms with Gasteiger partial charge in [-0.15, -0.1) is 11.3 Å². The Morgan fingerprint density at radius 1 is 1.26 bits per heavy atom. The van der Waals surface area contributed by atoms with Crippen molar-refractivity contribution >= 4 is 52.1 Å². The highest BCUT2D eigenvalue weighted by Crippen LogP contribution is 2.32. The lowest BCUT2D eigenvalue weighted by molar-refractivity contribution is 0.0698. The molecule has 0 bridgehead atoms. The molecule has 0 radical (unpaired) electrons. The summed E-state index contributed by atoms with van der Waals surface area (Å²) >= 11 is 12.8. The van der Waals surface area contributed by atoms with E-state index in [2.05, 4.69) is 10.3 Å². The van der Waals surface area contributed by atoms with Crippen LogP contribution in [0.2, 0.25) is 10.0 Å². The Morgan fingerprint density at radius 3 is 2.53 bits per heavy atom. The predicted octanol–water partition coefficient (Wildman–Crippen LogP) is 3.40. The minimum atomic E-state index is -1.27. The van der Waals surface area contributed by atoms with Crippen molar-refractivity contribution in [2.45, 2.75) is 0 Å². The molecule has 98 valence electrons. The van der Waals surface area contributed by atoms with Gasteiger partial charge in [-0.1, -0.05) is 23.2 Å². The van der Waals surface area contributed by atoms with Crippen LogP contribution in [-0.2, 0) is 0 Å². The van der Waals surface area contributed by atoms with Crippen molar-refractivity contribution in [3.8, 4) is 0 Å². The van der Waals surface area contributed by atoms with Gasteiger partial charge in [0.25, 0.3) is 5.91 Å². The topological polar surface area (TPSA) is 79.3 Å².